The summed E-state index contributed by atoms with van der Waals surface area (Å²) in [6.45, 7) is 0. The third kappa shape index (κ3) is 17.6. The summed E-state index contributed by atoms with van der Waals surface area (Å²) >= 11 is 0. The first-order valence-electron chi connectivity index (χ1n) is 11.7. The van der Waals surface area contributed by atoms with Gasteiger partial charge in [-0.05, 0) is 48.5 Å². The van der Waals surface area contributed by atoms with E-state index in [1.54, 1.807) is 36.7 Å². The molecule has 16 nitrogen and oxygen atoms in total. The molecule has 0 unspecified atom stereocenters. The first-order valence-corrected chi connectivity index (χ1v) is 14.3. The van der Waals surface area contributed by atoms with Crippen LogP contribution in [0.3, 0.4) is 0 Å². The summed E-state index contributed by atoms with van der Waals surface area (Å²) in [5.74, 6) is -0.125. The monoisotopic (exact) mass is 808 g/mol. The molecule has 0 amide bonds. The van der Waals surface area contributed by atoms with Crippen LogP contribution in [0.5, 0.6) is 11.8 Å². The van der Waals surface area contributed by atoms with Crippen molar-refractivity contribution in [3.8, 4) is 45.9 Å². The van der Waals surface area contributed by atoms with E-state index in [4.69, 9.17) is 41.8 Å². The van der Waals surface area contributed by atoms with Gasteiger partial charge in [-0.15, -0.1) is 10.2 Å². The fourth-order valence-electron chi connectivity index (χ4n) is 2.88. The molecule has 7 N–H and O–H groups in total. The van der Waals surface area contributed by atoms with Crippen molar-refractivity contribution in [1.82, 2.24) is 24.9 Å². The van der Waals surface area contributed by atoms with Crippen molar-refractivity contribution in [3.63, 3.8) is 0 Å². The van der Waals surface area contributed by atoms with Gasteiger partial charge in [0.15, 0.2) is 10.1 Å². The molecule has 0 saturated carbocycles. The number of hydrogen-bond donors (Lipinski definition) is 2. The number of halogens is 4. The van der Waals surface area contributed by atoms with E-state index in [1.165, 1.54) is 12.1 Å². The Balaban J connectivity index is 0. The summed E-state index contributed by atoms with van der Waals surface area (Å²) in [7, 11) is -11.0. The summed E-state index contributed by atoms with van der Waals surface area (Å²) in [5, 5.41) is 18.3. The van der Waals surface area contributed by atoms with Crippen molar-refractivity contribution in [2.75, 3.05) is 0 Å². The minimum absolute atomic E-state index is 0. The Morgan fingerprint density at radius 3 is 1.10 bits per heavy atom. The first-order chi connectivity index (χ1) is 20.9. The smallest absolute Gasteiger partial charge is 0.741 e. The fourth-order valence-corrected chi connectivity index (χ4v) is 2.88. The molecule has 0 bridgehead atoms. The van der Waals surface area contributed by atoms with Gasteiger partial charge in [0.05, 0.1) is 34.2 Å². The van der Waals surface area contributed by atoms with E-state index in [9.17, 15) is 13.2 Å². The number of hydrogen-bond acceptors (Lipinski definition) is 14. The number of aromatic nitrogens is 5. The summed E-state index contributed by atoms with van der Waals surface area (Å²) < 4.78 is 92.9. The van der Waals surface area contributed by atoms with Gasteiger partial charge in [-0.3, -0.25) is 9.97 Å². The predicted octanol–water partition coefficient (Wildman–Crippen LogP) is -1.69. The molecule has 48 heavy (non-hydrogen) atoms. The second-order valence-electron chi connectivity index (χ2n) is 7.88. The van der Waals surface area contributed by atoms with E-state index >= 15 is 0 Å². The van der Waals surface area contributed by atoms with Crippen molar-refractivity contribution < 1.29 is 95.7 Å². The SMILES string of the molecule is O.O=S(=O)([O-])C(F)(F)F.Oc1cccc(-c2cccc(O)n2)n1.[O-][Cl+3]([O-])([O-])[O-].[OH3+].[Ru+2].c1ccc(-c2cccc(-c3ccccn3)n2)nc1. The van der Waals surface area contributed by atoms with Gasteiger partial charge < -0.3 is 25.7 Å². The van der Waals surface area contributed by atoms with E-state index in [-0.39, 0.29) is 42.2 Å². The zero-order valence-electron chi connectivity index (χ0n) is 23.7. The molecule has 260 valence electrons. The molecular weight excluding hydrogens is 784 g/mol. The molecule has 0 aliphatic heterocycles. The Kier molecular flexibility index (Phi) is 19.9. The largest absolute Gasteiger partial charge is 2.00 e. The molecular formula is C26H24ClF3N5O11RuS+. The number of pyridine rings is 5. The van der Waals surface area contributed by atoms with Gasteiger partial charge in [-0.2, -0.15) is 13.2 Å². The molecule has 5 rings (SSSR count). The number of nitrogens with zero attached hydrogens (tertiary/aromatic N) is 5. The van der Waals surface area contributed by atoms with Crippen LogP contribution in [0.2, 0.25) is 0 Å². The van der Waals surface area contributed by atoms with Gasteiger partial charge in [0, 0.05) is 24.5 Å². The Labute approximate surface area is 284 Å². The standard InChI is InChI=1S/C15H11N3.C10H8N2O2.CHF3O3S.ClHO4.2H2O.Ru/c1-3-10-16-12(6-1)14-8-5-9-15(18-14)13-7-2-4-11-17-13;13-9-5-1-3-7(11-9)8-4-2-6-10(14)12-8;2-1(3,4)8(5,6)7;2-1(3,4)5;;;/h1-11H;1-6H,(H,11,13)(H,12,14);(H,5,6,7);(H,2,3,4,5);2*1H2;/q;;;;;;+2/p-1. The van der Waals surface area contributed by atoms with E-state index < -0.39 is 25.9 Å². The average Bonchev–Trinajstić information content (AvgIpc) is 2.97. The van der Waals surface area contributed by atoms with Gasteiger partial charge in [0.25, 0.3) is 0 Å². The maximum Gasteiger partial charge on any atom is 2.00 e. The van der Waals surface area contributed by atoms with E-state index in [0.29, 0.717) is 11.4 Å². The quantitative estimate of drug-likeness (QED) is 0.0889. The molecule has 0 aromatic carbocycles. The molecule has 0 radical (unpaired) electrons. The minimum Gasteiger partial charge on any atom is -0.741 e. The first kappa shape index (κ1) is 45.8. The van der Waals surface area contributed by atoms with Crippen LogP contribution in [0.25, 0.3) is 34.2 Å². The zero-order chi connectivity index (χ0) is 33.7. The Hall–Kier alpha value is -4.28. The van der Waals surface area contributed by atoms with Crippen molar-refractivity contribution >= 4 is 10.1 Å². The van der Waals surface area contributed by atoms with Gasteiger partial charge in [0.2, 0.25) is 11.8 Å². The van der Waals surface area contributed by atoms with Crippen molar-refractivity contribution in [3.05, 3.63) is 103 Å². The maximum absolute atomic E-state index is 10.7. The molecule has 0 aliphatic carbocycles. The summed E-state index contributed by atoms with van der Waals surface area (Å²) in [4.78, 5) is 20.9. The van der Waals surface area contributed by atoms with E-state index in [2.05, 4.69) is 24.9 Å². The second-order valence-corrected chi connectivity index (χ2v) is 10.0. The molecule has 0 aliphatic rings. The summed E-state index contributed by atoms with van der Waals surface area (Å²) in [6, 6.07) is 27.2. The van der Waals surface area contributed by atoms with Crippen molar-refractivity contribution in [1.29, 1.82) is 0 Å². The molecule has 5 aromatic heterocycles. The number of aromatic hydroxyl groups is 2. The summed E-state index contributed by atoms with van der Waals surface area (Å²) in [5.41, 5.74) is -1.13. The molecule has 0 atom stereocenters. The van der Waals surface area contributed by atoms with Crippen LogP contribution in [0, 0.1) is 10.2 Å². The van der Waals surface area contributed by atoms with Crippen molar-refractivity contribution in [2.45, 2.75) is 5.51 Å². The molecule has 5 aromatic rings. The van der Waals surface area contributed by atoms with Crippen LogP contribution < -0.4 is 18.6 Å². The van der Waals surface area contributed by atoms with Crippen LogP contribution in [0.1, 0.15) is 0 Å². The Morgan fingerprint density at radius 2 is 0.854 bits per heavy atom. The fraction of sp³-hybridized carbons (Fsp3) is 0.0385. The van der Waals surface area contributed by atoms with Gasteiger partial charge >= 0.3 is 25.0 Å². The van der Waals surface area contributed by atoms with Crippen LogP contribution in [-0.4, -0.2) is 59.1 Å². The van der Waals surface area contributed by atoms with Crippen LogP contribution in [-0.2, 0) is 35.1 Å². The molecule has 0 spiro atoms. The molecule has 22 heteroatoms. The molecule has 0 fully saturated rings. The maximum atomic E-state index is 10.7. The van der Waals surface area contributed by atoms with E-state index in [1.807, 2.05) is 54.6 Å². The van der Waals surface area contributed by atoms with Gasteiger partial charge in [-0.1, -0.05) is 30.3 Å². The van der Waals surface area contributed by atoms with Crippen LogP contribution in [0.4, 0.5) is 13.2 Å². The number of rotatable bonds is 3. The third-order valence-corrected chi connectivity index (χ3v) is 5.19. The average molecular weight is 808 g/mol. The van der Waals surface area contributed by atoms with Gasteiger partial charge in [0.1, 0.15) is 0 Å². The van der Waals surface area contributed by atoms with Crippen molar-refractivity contribution in [2.24, 2.45) is 0 Å². The normalized spacial score (nSPS) is 10.3. The molecule has 5 heterocycles. The molecule has 0 saturated heterocycles. The number of alkyl halides is 3. The van der Waals surface area contributed by atoms with Crippen LogP contribution in [0.15, 0.2) is 103 Å². The zero-order valence-corrected chi connectivity index (χ0v) is 27.0. The van der Waals surface area contributed by atoms with Crippen LogP contribution >= 0.6 is 0 Å². The summed E-state index contributed by atoms with van der Waals surface area (Å²) in [6.07, 6.45) is 3.54. The van der Waals surface area contributed by atoms with Gasteiger partial charge in [-0.25, -0.2) is 42.0 Å². The minimum atomic E-state index is -6.09. The second kappa shape index (κ2) is 20.9. The Bertz CT molecular complexity index is 1660. The predicted molar refractivity (Wildman–Crippen MR) is 146 cm³/mol. The third-order valence-electron chi connectivity index (χ3n) is 4.62. The Morgan fingerprint density at radius 1 is 0.583 bits per heavy atom. The topological polar surface area (TPSA) is 319 Å². The van der Waals surface area contributed by atoms with E-state index in [0.717, 1.165) is 22.8 Å².